The Labute approximate surface area is 114 Å². The van der Waals surface area contributed by atoms with E-state index in [0.717, 1.165) is 5.56 Å². The highest BCUT2D eigenvalue weighted by molar-refractivity contribution is 7.98. The molecule has 2 rings (SSSR count). The maximum Gasteiger partial charge on any atom is 0.187 e. The van der Waals surface area contributed by atoms with Crippen molar-refractivity contribution in [3.63, 3.8) is 0 Å². The van der Waals surface area contributed by atoms with E-state index in [0.29, 0.717) is 16.5 Å². The Kier molecular flexibility index (Phi) is 4.90. The van der Waals surface area contributed by atoms with Gasteiger partial charge in [0.2, 0.25) is 0 Å². The summed E-state index contributed by atoms with van der Waals surface area (Å²) < 4.78 is 13.2. The average molecular weight is 274 g/mol. The molecule has 3 nitrogen and oxygen atoms in total. The van der Waals surface area contributed by atoms with Gasteiger partial charge < -0.3 is 5.11 Å². The molecular weight excluding hydrogens is 263 g/mol. The number of nitrogens with zero attached hydrogens (tertiary/aromatic N) is 2. The maximum atomic E-state index is 13.2. The summed E-state index contributed by atoms with van der Waals surface area (Å²) in [6, 6.07) is 6.20. The molecule has 0 atom stereocenters. The van der Waals surface area contributed by atoms with Crippen molar-refractivity contribution >= 4 is 11.8 Å². The largest absolute Gasteiger partial charge is 0.384 e. The molecule has 0 aliphatic heterocycles. The summed E-state index contributed by atoms with van der Waals surface area (Å²) in [5.74, 6) is 5.53. The number of hydrogen-bond donors (Lipinski definition) is 1. The highest BCUT2D eigenvalue weighted by Gasteiger charge is 2.04. The van der Waals surface area contributed by atoms with E-state index in [9.17, 15) is 4.39 Å². The molecule has 1 heterocycles. The normalized spacial score (nSPS) is 9.79. The fourth-order valence-electron chi connectivity index (χ4n) is 1.43. The number of aliphatic hydroxyl groups is 1. The van der Waals surface area contributed by atoms with Crippen LogP contribution < -0.4 is 0 Å². The lowest BCUT2D eigenvalue weighted by Crippen LogP contribution is -1.91. The van der Waals surface area contributed by atoms with Crippen molar-refractivity contribution in [3.05, 3.63) is 53.6 Å². The molecule has 0 bridgehead atoms. The minimum atomic E-state index is -0.341. The van der Waals surface area contributed by atoms with Crippen LogP contribution in [0.5, 0.6) is 0 Å². The third kappa shape index (κ3) is 4.05. The van der Waals surface area contributed by atoms with Crippen molar-refractivity contribution in [2.45, 2.75) is 10.9 Å². The summed E-state index contributed by atoms with van der Waals surface area (Å²) in [5.41, 5.74) is 1.47. The molecule has 1 aromatic heterocycles. The predicted molar refractivity (Wildman–Crippen MR) is 72.0 cm³/mol. The van der Waals surface area contributed by atoms with Crippen LogP contribution in [0.3, 0.4) is 0 Å². The van der Waals surface area contributed by atoms with Gasteiger partial charge in [-0.2, -0.15) is 0 Å². The second-order valence-corrected chi connectivity index (χ2v) is 4.52. The average Bonchev–Trinajstić information content (AvgIpc) is 2.45. The fourth-order valence-corrected chi connectivity index (χ4v) is 2.24. The zero-order valence-corrected chi connectivity index (χ0v) is 10.8. The van der Waals surface area contributed by atoms with Gasteiger partial charge in [-0.05, 0) is 23.8 Å². The third-order valence-corrected chi connectivity index (χ3v) is 3.20. The molecule has 19 heavy (non-hydrogen) atoms. The molecule has 0 radical (unpaired) electrons. The fraction of sp³-hybridized carbons (Fsp3) is 0.143. The second-order valence-electron chi connectivity index (χ2n) is 3.58. The van der Waals surface area contributed by atoms with Gasteiger partial charge in [0.05, 0.1) is 0 Å². The van der Waals surface area contributed by atoms with Crippen molar-refractivity contribution in [1.29, 1.82) is 0 Å². The Morgan fingerprint density at radius 3 is 2.79 bits per heavy atom. The van der Waals surface area contributed by atoms with Crippen LogP contribution in [0, 0.1) is 17.7 Å². The number of rotatable bonds is 3. The summed E-state index contributed by atoms with van der Waals surface area (Å²) in [6.45, 7) is -0.245. The highest BCUT2D eigenvalue weighted by atomic mass is 32.2. The standard InChI is InChI=1S/C14H11FN2OS/c15-13-5-4-12(11(9-13)3-1-8-18)10-19-14-16-6-2-7-17-14/h2,4-7,9,18H,8,10H2. The first-order chi connectivity index (χ1) is 9.29. The van der Waals surface area contributed by atoms with Gasteiger partial charge in [0.1, 0.15) is 12.4 Å². The molecule has 0 spiro atoms. The van der Waals surface area contributed by atoms with Crippen LogP contribution in [0.2, 0.25) is 0 Å². The molecule has 0 unspecified atom stereocenters. The number of thioether (sulfide) groups is 1. The SMILES string of the molecule is OCC#Cc1cc(F)ccc1CSc1ncccn1. The minimum absolute atomic E-state index is 0.245. The zero-order chi connectivity index (χ0) is 13.5. The number of benzene rings is 1. The van der Waals surface area contributed by atoms with E-state index in [2.05, 4.69) is 21.8 Å². The lowest BCUT2D eigenvalue weighted by atomic mass is 10.1. The minimum Gasteiger partial charge on any atom is -0.384 e. The molecule has 1 N–H and O–H groups in total. The van der Waals surface area contributed by atoms with Crippen LogP contribution in [-0.2, 0) is 5.75 Å². The molecule has 96 valence electrons. The van der Waals surface area contributed by atoms with E-state index in [1.54, 1.807) is 24.5 Å². The Bertz CT molecular complexity index is 608. The molecule has 0 aliphatic rings. The molecule has 0 amide bonds. The van der Waals surface area contributed by atoms with Gasteiger partial charge >= 0.3 is 0 Å². The second kappa shape index (κ2) is 6.88. The maximum absolute atomic E-state index is 13.2. The van der Waals surface area contributed by atoms with Crippen LogP contribution in [-0.4, -0.2) is 21.7 Å². The summed E-state index contributed by atoms with van der Waals surface area (Å²) in [4.78, 5) is 8.21. The van der Waals surface area contributed by atoms with Crippen molar-refractivity contribution in [2.75, 3.05) is 6.61 Å². The smallest absolute Gasteiger partial charge is 0.187 e. The zero-order valence-electron chi connectivity index (χ0n) is 10.0. The number of hydrogen-bond acceptors (Lipinski definition) is 4. The Morgan fingerprint density at radius 2 is 2.05 bits per heavy atom. The van der Waals surface area contributed by atoms with E-state index >= 15 is 0 Å². The molecule has 0 aliphatic carbocycles. The van der Waals surface area contributed by atoms with Crippen molar-refractivity contribution < 1.29 is 9.50 Å². The lowest BCUT2D eigenvalue weighted by Gasteiger charge is -2.04. The number of halogens is 1. The summed E-state index contributed by atoms with van der Waals surface area (Å²) in [6.07, 6.45) is 3.35. The molecule has 0 saturated heterocycles. The number of aliphatic hydroxyl groups excluding tert-OH is 1. The first kappa shape index (κ1) is 13.5. The van der Waals surface area contributed by atoms with Crippen LogP contribution in [0.4, 0.5) is 4.39 Å². The van der Waals surface area contributed by atoms with Crippen LogP contribution in [0.25, 0.3) is 0 Å². The predicted octanol–water partition coefficient (Wildman–Crippen LogP) is 2.25. The molecule has 2 aromatic rings. The Morgan fingerprint density at radius 1 is 1.26 bits per heavy atom. The van der Waals surface area contributed by atoms with Crippen LogP contribution >= 0.6 is 11.8 Å². The van der Waals surface area contributed by atoms with Crippen LogP contribution in [0.1, 0.15) is 11.1 Å². The van der Waals surface area contributed by atoms with Gasteiger partial charge in [-0.1, -0.05) is 29.7 Å². The van der Waals surface area contributed by atoms with Crippen LogP contribution in [0.15, 0.2) is 41.8 Å². The van der Waals surface area contributed by atoms with E-state index in [1.165, 1.54) is 23.9 Å². The number of aromatic nitrogens is 2. The summed E-state index contributed by atoms with van der Waals surface area (Å²) in [5, 5.41) is 9.36. The first-order valence-corrected chi connectivity index (χ1v) is 6.56. The van der Waals surface area contributed by atoms with E-state index < -0.39 is 0 Å². The summed E-state index contributed by atoms with van der Waals surface area (Å²) >= 11 is 1.45. The molecule has 0 fully saturated rings. The molecule has 1 aromatic carbocycles. The lowest BCUT2D eigenvalue weighted by molar-refractivity contribution is 0.350. The van der Waals surface area contributed by atoms with Gasteiger partial charge in [-0.25, -0.2) is 14.4 Å². The first-order valence-electron chi connectivity index (χ1n) is 5.57. The van der Waals surface area contributed by atoms with Crippen molar-refractivity contribution in [3.8, 4) is 11.8 Å². The van der Waals surface area contributed by atoms with Gasteiger partial charge in [0, 0.05) is 23.7 Å². The summed E-state index contributed by atoms with van der Waals surface area (Å²) in [7, 11) is 0. The van der Waals surface area contributed by atoms with E-state index in [4.69, 9.17) is 5.11 Å². The Balaban J connectivity index is 2.15. The van der Waals surface area contributed by atoms with E-state index in [-0.39, 0.29) is 12.4 Å². The molecule has 5 heteroatoms. The highest BCUT2D eigenvalue weighted by Crippen LogP contribution is 2.21. The van der Waals surface area contributed by atoms with Crippen molar-refractivity contribution in [1.82, 2.24) is 9.97 Å². The molecular formula is C14H11FN2OS. The van der Waals surface area contributed by atoms with Gasteiger partial charge in [0.25, 0.3) is 0 Å². The van der Waals surface area contributed by atoms with E-state index in [1.807, 2.05) is 0 Å². The Hall–Kier alpha value is -1.90. The monoisotopic (exact) mass is 274 g/mol. The molecule has 0 saturated carbocycles. The van der Waals surface area contributed by atoms with Gasteiger partial charge in [-0.15, -0.1) is 0 Å². The third-order valence-electron chi connectivity index (χ3n) is 2.27. The topological polar surface area (TPSA) is 46.0 Å². The van der Waals surface area contributed by atoms with Gasteiger partial charge in [0.15, 0.2) is 5.16 Å². The van der Waals surface area contributed by atoms with Gasteiger partial charge in [-0.3, -0.25) is 0 Å². The quantitative estimate of drug-likeness (QED) is 0.530. The van der Waals surface area contributed by atoms with Crippen molar-refractivity contribution in [2.24, 2.45) is 0 Å².